The fourth-order valence-corrected chi connectivity index (χ4v) is 2.34. The molecule has 2 N–H and O–H groups in total. The number of imide groups is 1. The molecule has 4 heteroatoms. The zero-order valence-corrected chi connectivity index (χ0v) is 11.3. The number of hydrogen-bond acceptors (Lipinski definition) is 3. The molecular weight excluding hydrogens is 240 g/mol. The summed E-state index contributed by atoms with van der Waals surface area (Å²) in [7, 11) is 0. The van der Waals surface area contributed by atoms with E-state index in [1.807, 2.05) is 25.1 Å². The number of hydrogen-bond donors (Lipinski definition) is 1. The van der Waals surface area contributed by atoms with E-state index < -0.39 is 0 Å². The average Bonchev–Trinajstić information content (AvgIpc) is 2.42. The quantitative estimate of drug-likeness (QED) is 0.820. The summed E-state index contributed by atoms with van der Waals surface area (Å²) in [5.74, 6) is -0.273. The minimum atomic E-state index is -0.170. The van der Waals surface area contributed by atoms with E-state index in [1.165, 1.54) is 4.90 Å². The monoisotopic (exact) mass is 260 g/mol. The molecule has 2 rings (SSSR count). The van der Waals surface area contributed by atoms with E-state index in [2.05, 4.69) is 0 Å². The lowest BCUT2D eigenvalue weighted by Gasteiger charge is -2.27. The molecule has 0 radical (unpaired) electrons. The molecule has 0 aliphatic carbocycles. The summed E-state index contributed by atoms with van der Waals surface area (Å²) in [6.07, 6.45) is 2.86. The number of benzene rings is 1. The molecule has 102 valence electrons. The van der Waals surface area contributed by atoms with Crippen LogP contribution in [0.15, 0.2) is 24.3 Å². The van der Waals surface area contributed by atoms with Gasteiger partial charge in [0, 0.05) is 18.2 Å². The second kappa shape index (κ2) is 5.97. The molecule has 0 fully saturated rings. The molecule has 0 aromatic heterocycles. The predicted molar refractivity (Wildman–Crippen MR) is 73.7 cm³/mol. The van der Waals surface area contributed by atoms with Gasteiger partial charge in [0.05, 0.1) is 6.42 Å². The first-order valence-electron chi connectivity index (χ1n) is 6.81. The molecule has 1 aliphatic heterocycles. The van der Waals surface area contributed by atoms with Crippen molar-refractivity contribution in [3.8, 4) is 0 Å². The van der Waals surface area contributed by atoms with Gasteiger partial charge in [-0.15, -0.1) is 0 Å². The van der Waals surface area contributed by atoms with Gasteiger partial charge in [0.15, 0.2) is 0 Å². The van der Waals surface area contributed by atoms with Crippen LogP contribution in [0.1, 0.15) is 42.1 Å². The number of rotatable bonds is 5. The average molecular weight is 260 g/mol. The molecule has 1 heterocycles. The highest BCUT2D eigenvalue weighted by Crippen LogP contribution is 2.20. The molecule has 2 amide bonds. The van der Waals surface area contributed by atoms with Crippen molar-refractivity contribution in [2.24, 2.45) is 5.73 Å². The summed E-state index contributed by atoms with van der Waals surface area (Å²) in [4.78, 5) is 25.6. The van der Waals surface area contributed by atoms with Gasteiger partial charge in [-0.25, -0.2) is 0 Å². The fraction of sp³-hybridized carbons (Fsp3) is 0.467. The van der Waals surface area contributed by atoms with E-state index in [9.17, 15) is 9.59 Å². The maximum Gasteiger partial charge on any atom is 0.260 e. The largest absolute Gasteiger partial charge is 0.328 e. The Kier molecular flexibility index (Phi) is 4.32. The molecule has 0 saturated heterocycles. The number of nitrogens with two attached hydrogens (primary N) is 1. The van der Waals surface area contributed by atoms with E-state index in [0.29, 0.717) is 18.5 Å². The first-order valence-corrected chi connectivity index (χ1v) is 6.81. The Labute approximate surface area is 113 Å². The molecule has 1 aliphatic rings. The summed E-state index contributed by atoms with van der Waals surface area (Å²) in [6.45, 7) is 2.51. The Hall–Kier alpha value is -1.68. The number of carbonyl (C=O) groups excluding carboxylic acids is 2. The van der Waals surface area contributed by atoms with E-state index in [0.717, 1.165) is 24.8 Å². The van der Waals surface area contributed by atoms with Crippen molar-refractivity contribution in [3.05, 3.63) is 35.4 Å². The standard InChI is InChI=1S/C15H20N2O2/c1-2-12(16)7-5-9-17-14(18)10-11-6-3-4-8-13(11)15(17)19/h3-4,6,8,12H,2,5,7,9-10,16H2,1H3. The highest BCUT2D eigenvalue weighted by Gasteiger charge is 2.29. The zero-order chi connectivity index (χ0) is 13.8. The SMILES string of the molecule is CCC(N)CCCN1C(=O)Cc2ccccc2C1=O. The lowest BCUT2D eigenvalue weighted by Crippen LogP contribution is -2.43. The molecule has 4 nitrogen and oxygen atoms in total. The van der Waals surface area contributed by atoms with Crippen molar-refractivity contribution >= 4 is 11.8 Å². The van der Waals surface area contributed by atoms with Crippen LogP contribution < -0.4 is 5.73 Å². The van der Waals surface area contributed by atoms with Crippen LogP contribution in [0.2, 0.25) is 0 Å². The smallest absolute Gasteiger partial charge is 0.260 e. The zero-order valence-electron chi connectivity index (χ0n) is 11.3. The minimum absolute atomic E-state index is 0.103. The lowest BCUT2D eigenvalue weighted by molar-refractivity contribution is -0.128. The molecule has 1 aromatic carbocycles. The van der Waals surface area contributed by atoms with Crippen LogP contribution in [0.3, 0.4) is 0 Å². The first-order chi connectivity index (χ1) is 9.13. The third-order valence-electron chi connectivity index (χ3n) is 3.62. The molecule has 1 atom stereocenters. The van der Waals surface area contributed by atoms with Crippen LogP contribution >= 0.6 is 0 Å². The van der Waals surface area contributed by atoms with E-state index in [1.54, 1.807) is 6.07 Å². The fourth-order valence-electron chi connectivity index (χ4n) is 2.34. The van der Waals surface area contributed by atoms with Crippen molar-refractivity contribution in [1.82, 2.24) is 4.90 Å². The molecule has 1 unspecified atom stereocenters. The Balaban J connectivity index is 2.03. The Morgan fingerprint density at radius 3 is 2.79 bits per heavy atom. The van der Waals surface area contributed by atoms with Gasteiger partial charge < -0.3 is 5.73 Å². The predicted octanol–water partition coefficient (Wildman–Crippen LogP) is 1.73. The van der Waals surface area contributed by atoms with Crippen LogP contribution in [0.25, 0.3) is 0 Å². The van der Waals surface area contributed by atoms with Gasteiger partial charge in [0.25, 0.3) is 5.91 Å². The van der Waals surface area contributed by atoms with E-state index >= 15 is 0 Å². The molecule has 0 bridgehead atoms. The summed E-state index contributed by atoms with van der Waals surface area (Å²) in [5, 5.41) is 0. The molecule has 19 heavy (non-hydrogen) atoms. The van der Waals surface area contributed by atoms with E-state index in [4.69, 9.17) is 5.73 Å². The minimum Gasteiger partial charge on any atom is -0.328 e. The number of amides is 2. The number of carbonyl (C=O) groups is 2. The Bertz CT molecular complexity index is 485. The third-order valence-corrected chi connectivity index (χ3v) is 3.62. The van der Waals surface area contributed by atoms with Crippen LogP contribution in [-0.2, 0) is 11.2 Å². The second-order valence-corrected chi connectivity index (χ2v) is 5.00. The third kappa shape index (κ3) is 3.01. The topological polar surface area (TPSA) is 63.4 Å². The normalized spacial score (nSPS) is 16.4. The van der Waals surface area contributed by atoms with Gasteiger partial charge in [-0.3, -0.25) is 14.5 Å². The van der Waals surface area contributed by atoms with Crippen LogP contribution in [0.5, 0.6) is 0 Å². The van der Waals surface area contributed by atoms with Crippen molar-refractivity contribution in [3.63, 3.8) is 0 Å². The maximum absolute atomic E-state index is 12.2. The van der Waals surface area contributed by atoms with Crippen LogP contribution in [0, 0.1) is 0 Å². The van der Waals surface area contributed by atoms with Gasteiger partial charge in [-0.2, -0.15) is 0 Å². The summed E-state index contributed by atoms with van der Waals surface area (Å²) < 4.78 is 0. The molecule has 1 aromatic rings. The maximum atomic E-state index is 12.2. The Morgan fingerprint density at radius 1 is 1.32 bits per heavy atom. The second-order valence-electron chi connectivity index (χ2n) is 5.00. The van der Waals surface area contributed by atoms with Crippen molar-refractivity contribution in [2.45, 2.75) is 38.6 Å². The van der Waals surface area contributed by atoms with Crippen molar-refractivity contribution in [2.75, 3.05) is 6.54 Å². The van der Waals surface area contributed by atoms with Crippen LogP contribution in [0.4, 0.5) is 0 Å². The number of nitrogens with zero attached hydrogens (tertiary/aromatic N) is 1. The highest BCUT2D eigenvalue weighted by atomic mass is 16.2. The van der Waals surface area contributed by atoms with E-state index in [-0.39, 0.29) is 17.9 Å². The lowest BCUT2D eigenvalue weighted by atomic mass is 9.98. The van der Waals surface area contributed by atoms with Crippen molar-refractivity contribution in [1.29, 1.82) is 0 Å². The van der Waals surface area contributed by atoms with Crippen molar-refractivity contribution < 1.29 is 9.59 Å². The molecular formula is C15H20N2O2. The van der Waals surface area contributed by atoms with Crippen LogP contribution in [-0.4, -0.2) is 29.3 Å². The number of fused-ring (bicyclic) bond motifs is 1. The van der Waals surface area contributed by atoms with Gasteiger partial charge in [-0.1, -0.05) is 25.1 Å². The summed E-state index contributed by atoms with van der Waals surface area (Å²) in [5.41, 5.74) is 7.33. The van der Waals surface area contributed by atoms with Gasteiger partial charge >= 0.3 is 0 Å². The highest BCUT2D eigenvalue weighted by molar-refractivity contribution is 6.09. The van der Waals surface area contributed by atoms with Gasteiger partial charge in [0.1, 0.15) is 0 Å². The van der Waals surface area contributed by atoms with Gasteiger partial charge in [0.2, 0.25) is 5.91 Å². The first kappa shape index (κ1) is 13.7. The summed E-state index contributed by atoms with van der Waals surface area (Å²) >= 11 is 0. The van der Waals surface area contributed by atoms with Gasteiger partial charge in [-0.05, 0) is 30.9 Å². The molecule has 0 spiro atoms. The molecule has 0 saturated carbocycles. The Morgan fingerprint density at radius 2 is 2.05 bits per heavy atom. The summed E-state index contributed by atoms with van der Waals surface area (Å²) in [6, 6.07) is 7.47.